The number of benzene rings is 1. The molecule has 0 saturated carbocycles. The summed E-state index contributed by atoms with van der Waals surface area (Å²) in [6, 6.07) is 5.40. The topological polar surface area (TPSA) is 92.3 Å². The summed E-state index contributed by atoms with van der Waals surface area (Å²) >= 11 is 8.72. The van der Waals surface area contributed by atoms with Crippen LogP contribution in [0.2, 0.25) is 5.02 Å². The molecule has 1 aromatic carbocycles. The van der Waals surface area contributed by atoms with E-state index in [1.54, 1.807) is 43.0 Å². The fraction of sp³-hybridized carbons (Fsp3) is 0.438. The van der Waals surface area contributed by atoms with Crippen molar-refractivity contribution < 1.29 is 13.2 Å². The molecule has 0 radical (unpaired) electrons. The van der Waals surface area contributed by atoms with Crippen LogP contribution in [-0.2, 0) is 14.8 Å². The monoisotopic (exact) mass is 448 g/mol. The number of amides is 1. The molecule has 0 bridgehead atoms. The van der Waals surface area contributed by atoms with Gasteiger partial charge in [0.05, 0.1) is 11.9 Å². The third-order valence-electron chi connectivity index (χ3n) is 3.48. The van der Waals surface area contributed by atoms with Gasteiger partial charge in [0.1, 0.15) is 6.04 Å². The van der Waals surface area contributed by atoms with Crippen LogP contribution in [-0.4, -0.2) is 42.6 Å². The van der Waals surface area contributed by atoms with E-state index < -0.39 is 22.0 Å². The number of nitrogens with zero attached hydrogens (tertiary/aromatic N) is 3. The van der Waals surface area contributed by atoms with Crippen molar-refractivity contribution >= 4 is 61.4 Å². The van der Waals surface area contributed by atoms with Crippen LogP contribution in [0, 0.1) is 0 Å². The van der Waals surface area contributed by atoms with Crippen molar-refractivity contribution in [2.45, 2.75) is 37.1 Å². The maximum atomic E-state index is 12.8. The van der Waals surface area contributed by atoms with E-state index in [9.17, 15) is 13.2 Å². The van der Waals surface area contributed by atoms with Gasteiger partial charge in [-0.05, 0) is 37.1 Å². The Morgan fingerprint density at radius 3 is 2.52 bits per heavy atom. The first kappa shape index (κ1) is 21.9. The molecule has 0 spiro atoms. The maximum absolute atomic E-state index is 12.8. The lowest BCUT2D eigenvalue weighted by Crippen LogP contribution is -2.46. The van der Waals surface area contributed by atoms with E-state index in [-0.39, 0.29) is 6.42 Å². The average molecular weight is 449 g/mol. The fourth-order valence-corrected chi connectivity index (χ4v) is 5.36. The molecule has 148 valence electrons. The zero-order chi connectivity index (χ0) is 20.0. The summed E-state index contributed by atoms with van der Waals surface area (Å²) in [5, 5.41) is 11.5. The highest BCUT2D eigenvalue weighted by atomic mass is 35.5. The van der Waals surface area contributed by atoms with E-state index in [1.807, 2.05) is 0 Å². The van der Waals surface area contributed by atoms with Crippen LogP contribution in [0.25, 0.3) is 0 Å². The second kappa shape index (κ2) is 9.72. The van der Waals surface area contributed by atoms with Crippen LogP contribution in [0.5, 0.6) is 0 Å². The Bertz CT molecular complexity index is 871. The number of carbonyl (C=O) groups is 1. The summed E-state index contributed by atoms with van der Waals surface area (Å²) in [5.74, 6) is 0.458. The summed E-state index contributed by atoms with van der Waals surface area (Å²) in [7, 11) is -3.69. The lowest BCUT2D eigenvalue weighted by Gasteiger charge is -2.29. The normalized spacial score (nSPS) is 12.6. The SMILES string of the molecule is CCCSc1nnc(NC(=O)[C@H](CC)N(c2ccc(Cl)cc2)S(C)(=O)=O)s1. The van der Waals surface area contributed by atoms with Crippen LogP contribution >= 0.6 is 34.7 Å². The van der Waals surface area contributed by atoms with Crippen molar-refractivity contribution in [3.63, 3.8) is 0 Å². The molecule has 0 fully saturated rings. The van der Waals surface area contributed by atoms with Gasteiger partial charge in [-0.3, -0.25) is 14.4 Å². The molecule has 11 heteroatoms. The van der Waals surface area contributed by atoms with Crippen LogP contribution in [0.15, 0.2) is 28.6 Å². The molecule has 1 aromatic heterocycles. The van der Waals surface area contributed by atoms with Gasteiger partial charge in [0.15, 0.2) is 4.34 Å². The van der Waals surface area contributed by atoms with Crippen molar-refractivity contribution in [2.75, 3.05) is 21.6 Å². The number of hydrogen-bond donors (Lipinski definition) is 1. The van der Waals surface area contributed by atoms with Crippen molar-refractivity contribution in [3.8, 4) is 0 Å². The van der Waals surface area contributed by atoms with Crippen LogP contribution < -0.4 is 9.62 Å². The number of carbonyl (C=O) groups excluding carboxylic acids is 1. The smallest absolute Gasteiger partial charge is 0.250 e. The van der Waals surface area contributed by atoms with Crippen molar-refractivity contribution in [1.29, 1.82) is 0 Å². The number of anilines is 2. The number of sulfonamides is 1. The molecule has 2 rings (SSSR count). The summed E-state index contributed by atoms with van der Waals surface area (Å²) in [6.45, 7) is 3.82. The fourth-order valence-electron chi connectivity index (χ4n) is 2.34. The minimum Gasteiger partial charge on any atom is -0.299 e. The quantitative estimate of drug-likeness (QED) is 0.462. The van der Waals surface area contributed by atoms with Gasteiger partial charge in [0, 0.05) is 10.8 Å². The highest BCUT2D eigenvalue weighted by Gasteiger charge is 2.32. The van der Waals surface area contributed by atoms with Crippen LogP contribution in [0.3, 0.4) is 0 Å². The number of thioether (sulfide) groups is 1. The molecule has 1 heterocycles. The van der Waals surface area contributed by atoms with Gasteiger partial charge in [-0.25, -0.2) is 8.42 Å². The maximum Gasteiger partial charge on any atom is 0.250 e. The Balaban J connectivity index is 2.24. The number of halogens is 1. The largest absolute Gasteiger partial charge is 0.299 e. The average Bonchev–Trinajstić information content (AvgIpc) is 3.05. The van der Waals surface area contributed by atoms with Gasteiger partial charge in [-0.15, -0.1) is 10.2 Å². The van der Waals surface area contributed by atoms with E-state index in [4.69, 9.17) is 11.6 Å². The summed E-state index contributed by atoms with van der Waals surface area (Å²) in [5.41, 5.74) is 0.375. The van der Waals surface area contributed by atoms with Crippen LogP contribution in [0.1, 0.15) is 26.7 Å². The Kier molecular flexibility index (Phi) is 7.90. The number of hydrogen-bond acceptors (Lipinski definition) is 7. The molecule has 0 unspecified atom stereocenters. The first-order chi connectivity index (χ1) is 12.8. The molecule has 0 aliphatic heterocycles. The molecule has 1 atom stereocenters. The number of aromatic nitrogens is 2. The van der Waals surface area contributed by atoms with Gasteiger partial charge < -0.3 is 0 Å². The molecular weight excluding hydrogens is 428 g/mol. The minimum absolute atomic E-state index is 0.289. The molecule has 1 amide bonds. The minimum atomic E-state index is -3.69. The van der Waals surface area contributed by atoms with Crippen molar-refractivity contribution in [1.82, 2.24) is 10.2 Å². The van der Waals surface area contributed by atoms with Gasteiger partial charge in [-0.2, -0.15) is 0 Å². The second-order valence-electron chi connectivity index (χ2n) is 5.67. The molecule has 0 aliphatic carbocycles. The molecular formula is C16H21ClN4O3S3. The van der Waals surface area contributed by atoms with Crippen molar-refractivity contribution in [3.05, 3.63) is 29.3 Å². The zero-order valence-corrected chi connectivity index (χ0v) is 18.4. The van der Waals surface area contributed by atoms with E-state index in [2.05, 4.69) is 22.4 Å². The summed E-state index contributed by atoms with van der Waals surface area (Å²) in [4.78, 5) is 12.8. The lowest BCUT2D eigenvalue weighted by atomic mass is 10.2. The Morgan fingerprint density at radius 2 is 1.96 bits per heavy atom. The first-order valence-electron chi connectivity index (χ1n) is 8.28. The summed E-state index contributed by atoms with van der Waals surface area (Å²) < 4.78 is 26.6. The Hall–Kier alpha value is -1.36. The standard InChI is InChI=1S/C16H21ClN4O3S3/c1-4-10-25-16-20-19-15(26-16)18-14(22)13(5-2)21(27(3,23)24)12-8-6-11(17)7-9-12/h6-9,13H,4-5,10H2,1-3H3,(H,18,19,22)/t13-/m0/s1. The third kappa shape index (κ3) is 6.06. The van der Waals surface area contributed by atoms with Gasteiger partial charge in [0.25, 0.3) is 0 Å². The first-order valence-corrected chi connectivity index (χ1v) is 12.3. The third-order valence-corrected chi connectivity index (χ3v) is 7.09. The Labute approximate surface area is 172 Å². The Morgan fingerprint density at radius 1 is 1.30 bits per heavy atom. The molecule has 2 aromatic rings. The number of nitrogens with one attached hydrogen (secondary N) is 1. The van der Waals surface area contributed by atoms with E-state index >= 15 is 0 Å². The predicted octanol–water partition coefficient (Wildman–Crippen LogP) is 3.88. The van der Waals surface area contributed by atoms with E-state index in [0.717, 1.165) is 27.1 Å². The van der Waals surface area contributed by atoms with Gasteiger partial charge in [0.2, 0.25) is 21.1 Å². The molecule has 0 saturated heterocycles. The molecule has 27 heavy (non-hydrogen) atoms. The lowest BCUT2D eigenvalue weighted by molar-refractivity contribution is -0.117. The van der Waals surface area contributed by atoms with Gasteiger partial charge in [-0.1, -0.05) is 48.5 Å². The zero-order valence-electron chi connectivity index (χ0n) is 15.2. The van der Waals surface area contributed by atoms with Gasteiger partial charge >= 0.3 is 0 Å². The highest BCUT2D eigenvalue weighted by molar-refractivity contribution is 8.01. The van der Waals surface area contributed by atoms with E-state index in [0.29, 0.717) is 15.8 Å². The van der Waals surface area contributed by atoms with Crippen LogP contribution in [0.4, 0.5) is 10.8 Å². The molecule has 0 aliphatic rings. The number of rotatable bonds is 9. The second-order valence-corrected chi connectivity index (χ2v) is 10.3. The highest BCUT2D eigenvalue weighted by Crippen LogP contribution is 2.28. The summed E-state index contributed by atoms with van der Waals surface area (Å²) in [6.07, 6.45) is 2.37. The van der Waals surface area contributed by atoms with Crippen molar-refractivity contribution in [2.24, 2.45) is 0 Å². The van der Waals surface area contributed by atoms with E-state index in [1.165, 1.54) is 11.3 Å². The molecule has 7 nitrogen and oxygen atoms in total. The predicted molar refractivity (Wildman–Crippen MR) is 112 cm³/mol. The molecule has 1 N–H and O–H groups in total.